The van der Waals surface area contributed by atoms with Crippen LogP contribution in [0.25, 0.3) is 0 Å². The second-order valence-corrected chi connectivity index (χ2v) is 7.62. The van der Waals surface area contributed by atoms with Crippen LogP contribution in [0.3, 0.4) is 0 Å². The van der Waals surface area contributed by atoms with Gasteiger partial charge in [0.25, 0.3) is 0 Å². The summed E-state index contributed by atoms with van der Waals surface area (Å²) < 4.78 is 26.3. The van der Waals surface area contributed by atoms with Crippen LogP contribution in [0, 0.1) is 12.8 Å². The lowest BCUT2D eigenvalue weighted by atomic mass is 9.85. The van der Waals surface area contributed by atoms with Crippen LogP contribution in [0.1, 0.15) is 18.4 Å². The van der Waals surface area contributed by atoms with E-state index in [1.54, 1.807) is 19.2 Å². The Hall–Kier alpha value is -0.580. The summed E-state index contributed by atoms with van der Waals surface area (Å²) in [5.41, 5.74) is 0.785. The topological polar surface area (TPSA) is 37.4 Å². The van der Waals surface area contributed by atoms with E-state index in [1.165, 1.54) is 4.31 Å². The molecular formula is C13H18ClNO2S. The molecule has 1 saturated carbocycles. The van der Waals surface area contributed by atoms with Gasteiger partial charge >= 0.3 is 0 Å². The van der Waals surface area contributed by atoms with Gasteiger partial charge in [0.2, 0.25) is 10.0 Å². The van der Waals surface area contributed by atoms with Crippen LogP contribution < -0.4 is 0 Å². The van der Waals surface area contributed by atoms with E-state index in [-0.39, 0.29) is 5.38 Å². The van der Waals surface area contributed by atoms with Gasteiger partial charge in [-0.3, -0.25) is 0 Å². The number of benzene rings is 1. The molecule has 1 fully saturated rings. The van der Waals surface area contributed by atoms with E-state index in [2.05, 4.69) is 0 Å². The first-order valence-corrected chi connectivity index (χ1v) is 7.95. The van der Waals surface area contributed by atoms with Crippen LogP contribution in [0.2, 0.25) is 0 Å². The average Bonchev–Trinajstić information content (AvgIpc) is 2.27. The van der Waals surface area contributed by atoms with Gasteiger partial charge in [-0.05, 0) is 37.3 Å². The Morgan fingerprint density at radius 3 is 2.50 bits per heavy atom. The van der Waals surface area contributed by atoms with Crippen molar-refractivity contribution in [1.29, 1.82) is 0 Å². The molecule has 1 aliphatic carbocycles. The molecule has 0 bridgehead atoms. The molecule has 0 heterocycles. The van der Waals surface area contributed by atoms with Crippen molar-refractivity contribution in [3.8, 4) is 0 Å². The summed E-state index contributed by atoms with van der Waals surface area (Å²) in [4.78, 5) is 0.397. The van der Waals surface area contributed by atoms with Gasteiger partial charge in [0.05, 0.1) is 4.90 Å². The Morgan fingerprint density at radius 1 is 1.33 bits per heavy atom. The molecule has 3 nitrogen and oxygen atoms in total. The van der Waals surface area contributed by atoms with Crippen molar-refractivity contribution in [2.75, 3.05) is 13.6 Å². The lowest BCUT2D eigenvalue weighted by Crippen LogP contribution is -2.38. The minimum absolute atomic E-state index is 0.226. The first kappa shape index (κ1) is 13.8. The summed E-state index contributed by atoms with van der Waals surface area (Å²) in [6.07, 6.45) is 1.82. The number of halogens is 1. The Balaban J connectivity index is 2.13. The maximum absolute atomic E-state index is 12.4. The number of hydrogen-bond donors (Lipinski definition) is 0. The quantitative estimate of drug-likeness (QED) is 0.799. The number of alkyl halides is 1. The normalized spacial score (nSPS) is 24.0. The van der Waals surface area contributed by atoms with Crippen molar-refractivity contribution in [1.82, 2.24) is 4.31 Å². The highest BCUT2D eigenvalue weighted by atomic mass is 35.5. The molecular weight excluding hydrogens is 270 g/mol. The summed E-state index contributed by atoms with van der Waals surface area (Å²) in [7, 11) is -1.73. The van der Waals surface area contributed by atoms with E-state index in [9.17, 15) is 8.42 Å². The van der Waals surface area contributed by atoms with E-state index in [4.69, 9.17) is 11.6 Å². The molecule has 1 aromatic rings. The third-order valence-corrected chi connectivity index (χ3v) is 5.82. The van der Waals surface area contributed by atoms with E-state index < -0.39 is 10.0 Å². The third kappa shape index (κ3) is 2.71. The molecule has 2 rings (SSSR count). The lowest BCUT2D eigenvalue weighted by Gasteiger charge is -2.33. The zero-order valence-electron chi connectivity index (χ0n) is 10.6. The number of sulfonamides is 1. The van der Waals surface area contributed by atoms with Gasteiger partial charge in [0.1, 0.15) is 0 Å². The first-order valence-electron chi connectivity index (χ1n) is 6.07. The molecule has 0 aromatic heterocycles. The van der Waals surface area contributed by atoms with Gasteiger partial charge in [-0.2, -0.15) is 0 Å². The first-order chi connectivity index (χ1) is 8.41. The number of hydrogen-bond acceptors (Lipinski definition) is 2. The van der Waals surface area contributed by atoms with Crippen molar-refractivity contribution >= 4 is 21.6 Å². The van der Waals surface area contributed by atoms with Gasteiger partial charge in [0.15, 0.2) is 0 Å². The van der Waals surface area contributed by atoms with Crippen molar-refractivity contribution < 1.29 is 8.42 Å². The van der Waals surface area contributed by atoms with E-state index in [0.29, 0.717) is 17.4 Å². The number of nitrogens with zero attached hydrogens (tertiary/aromatic N) is 1. The Kier molecular flexibility index (Phi) is 3.99. The minimum Gasteiger partial charge on any atom is -0.207 e. The highest BCUT2D eigenvalue weighted by Crippen LogP contribution is 2.33. The van der Waals surface area contributed by atoms with Crippen molar-refractivity contribution in [3.63, 3.8) is 0 Å². The molecule has 0 radical (unpaired) electrons. The van der Waals surface area contributed by atoms with E-state index >= 15 is 0 Å². The molecule has 0 aliphatic heterocycles. The highest BCUT2D eigenvalue weighted by molar-refractivity contribution is 7.89. The summed E-state index contributed by atoms with van der Waals surface area (Å²) in [5.74, 6) is 0.399. The number of rotatable bonds is 4. The van der Waals surface area contributed by atoms with Crippen LogP contribution in [-0.4, -0.2) is 31.7 Å². The predicted octanol–water partition coefficient (Wildman–Crippen LogP) is 2.63. The standard InChI is InChI=1S/C13H18ClNO2S/c1-10-5-3-4-6-13(10)18(16,17)15(2)9-11-7-12(14)8-11/h3-6,11-12H,7-9H2,1-2H3. The molecule has 0 N–H and O–H groups in total. The van der Waals surface area contributed by atoms with Gasteiger partial charge in [-0.25, -0.2) is 12.7 Å². The Morgan fingerprint density at radius 2 is 1.94 bits per heavy atom. The molecule has 1 aliphatic rings. The summed E-state index contributed by atoms with van der Waals surface area (Å²) in [6.45, 7) is 2.37. The molecule has 0 unspecified atom stereocenters. The predicted molar refractivity (Wildman–Crippen MR) is 73.4 cm³/mol. The van der Waals surface area contributed by atoms with Gasteiger partial charge in [-0.15, -0.1) is 11.6 Å². The monoisotopic (exact) mass is 287 g/mol. The zero-order valence-corrected chi connectivity index (χ0v) is 12.2. The molecule has 0 atom stereocenters. The minimum atomic E-state index is -3.37. The fraction of sp³-hybridized carbons (Fsp3) is 0.538. The molecule has 18 heavy (non-hydrogen) atoms. The summed E-state index contributed by atoms with van der Waals surface area (Å²) in [6, 6.07) is 7.08. The summed E-state index contributed by atoms with van der Waals surface area (Å²) >= 11 is 5.92. The van der Waals surface area contributed by atoms with Crippen molar-refractivity contribution in [2.45, 2.75) is 30.0 Å². The van der Waals surface area contributed by atoms with Gasteiger partial charge in [-0.1, -0.05) is 18.2 Å². The average molecular weight is 288 g/mol. The van der Waals surface area contributed by atoms with Gasteiger partial charge < -0.3 is 0 Å². The smallest absolute Gasteiger partial charge is 0.207 e. The summed E-state index contributed by atoms with van der Waals surface area (Å²) in [5, 5.41) is 0.226. The molecule has 0 amide bonds. The van der Waals surface area contributed by atoms with Crippen LogP contribution in [0.4, 0.5) is 0 Å². The Labute approximate surface area is 114 Å². The highest BCUT2D eigenvalue weighted by Gasteiger charge is 2.32. The molecule has 1 aromatic carbocycles. The molecule has 5 heteroatoms. The lowest BCUT2D eigenvalue weighted by molar-refractivity contribution is 0.268. The molecule has 100 valence electrons. The van der Waals surface area contributed by atoms with Crippen LogP contribution in [-0.2, 0) is 10.0 Å². The van der Waals surface area contributed by atoms with Crippen LogP contribution in [0.15, 0.2) is 29.2 Å². The van der Waals surface area contributed by atoms with Crippen LogP contribution in [0.5, 0.6) is 0 Å². The van der Waals surface area contributed by atoms with E-state index in [0.717, 1.165) is 18.4 Å². The molecule has 0 saturated heterocycles. The van der Waals surface area contributed by atoms with Crippen molar-refractivity contribution in [3.05, 3.63) is 29.8 Å². The van der Waals surface area contributed by atoms with Crippen molar-refractivity contribution in [2.24, 2.45) is 5.92 Å². The van der Waals surface area contributed by atoms with Crippen LogP contribution >= 0.6 is 11.6 Å². The Bertz CT molecular complexity index is 524. The largest absolute Gasteiger partial charge is 0.243 e. The molecule has 0 spiro atoms. The van der Waals surface area contributed by atoms with Gasteiger partial charge in [0, 0.05) is 19.0 Å². The second-order valence-electron chi connectivity index (χ2n) is 4.99. The fourth-order valence-electron chi connectivity index (χ4n) is 2.28. The zero-order chi connectivity index (χ0) is 13.3. The van der Waals surface area contributed by atoms with E-state index in [1.807, 2.05) is 19.1 Å². The third-order valence-electron chi connectivity index (χ3n) is 3.48. The maximum atomic E-state index is 12.4. The maximum Gasteiger partial charge on any atom is 0.243 e. The number of aryl methyl sites for hydroxylation is 1. The fourth-order valence-corrected chi connectivity index (χ4v) is 4.25. The second kappa shape index (κ2) is 5.19. The SMILES string of the molecule is Cc1ccccc1S(=O)(=O)N(C)CC1CC(Cl)C1.